The van der Waals surface area contributed by atoms with E-state index in [1.54, 1.807) is 0 Å². The number of rotatable bonds is 2. The first-order chi connectivity index (χ1) is 9.16. The van der Waals surface area contributed by atoms with Crippen LogP contribution in [0.15, 0.2) is 30.5 Å². The third-order valence-corrected chi connectivity index (χ3v) is 3.54. The van der Waals surface area contributed by atoms with E-state index < -0.39 is 0 Å². The van der Waals surface area contributed by atoms with Crippen molar-refractivity contribution in [3.05, 3.63) is 53.1 Å². The van der Waals surface area contributed by atoms with Gasteiger partial charge in [-0.25, -0.2) is 9.97 Å². The zero-order chi connectivity index (χ0) is 13.4. The van der Waals surface area contributed by atoms with Gasteiger partial charge < -0.3 is 10.5 Å². The Bertz CT molecular complexity index is 610. The average molecular weight is 255 g/mol. The second kappa shape index (κ2) is 4.63. The number of fused-ring (bicyclic) bond motifs is 1. The summed E-state index contributed by atoms with van der Waals surface area (Å²) in [6, 6.07) is 8.01. The number of hydrogen-bond acceptors (Lipinski definition) is 4. The summed E-state index contributed by atoms with van der Waals surface area (Å²) in [7, 11) is 0. The molecule has 2 aromatic rings. The molecule has 0 fully saturated rings. The van der Waals surface area contributed by atoms with E-state index in [4.69, 9.17) is 10.5 Å². The summed E-state index contributed by atoms with van der Waals surface area (Å²) >= 11 is 0. The van der Waals surface area contributed by atoms with Gasteiger partial charge in [0.25, 0.3) is 0 Å². The minimum Gasteiger partial charge on any atom is -0.492 e. The highest BCUT2D eigenvalue weighted by Gasteiger charge is 2.27. The molecule has 1 aliphatic heterocycles. The van der Waals surface area contributed by atoms with Gasteiger partial charge in [0.2, 0.25) is 0 Å². The van der Waals surface area contributed by atoms with Gasteiger partial charge in [0, 0.05) is 29.1 Å². The first kappa shape index (κ1) is 12.1. The lowest BCUT2D eigenvalue weighted by molar-refractivity contribution is 0.339. The molecule has 4 nitrogen and oxygen atoms in total. The van der Waals surface area contributed by atoms with Crippen LogP contribution in [-0.2, 0) is 0 Å². The standard InChI is InChI=1S/C15H17N3O/c1-9(16)12-7-17-15(18-10(12)2)13-8-19-14-6-4-3-5-11(13)14/h3-7,9,13H,8,16H2,1-2H3/t9-,13?/m0/s1. The van der Waals surface area contributed by atoms with Crippen LogP contribution in [0.1, 0.15) is 41.5 Å². The van der Waals surface area contributed by atoms with Crippen LogP contribution in [0.3, 0.4) is 0 Å². The molecule has 0 spiro atoms. The van der Waals surface area contributed by atoms with Gasteiger partial charge in [-0.05, 0) is 19.9 Å². The molecule has 0 saturated carbocycles. The molecule has 0 radical (unpaired) electrons. The molecule has 4 heteroatoms. The molecule has 0 saturated heterocycles. The molecule has 0 aliphatic carbocycles. The normalized spacial score (nSPS) is 18.8. The summed E-state index contributed by atoms with van der Waals surface area (Å²) in [5.74, 6) is 1.87. The molecule has 3 rings (SSSR count). The minimum atomic E-state index is -0.0406. The molecule has 98 valence electrons. The predicted molar refractivity (Wildman–Crippen MR) is 73.2 cm³/mol. The largest absolute Gasteiger partial charge is 0.492 e. The molecule has 0 bridgehead atoms. The van der Waals surface area contributed by atoms with Crippen LogP contribution in [0.5, 0.6) is 5.75 Å². The zero-order valence-electron chi connectivity index (χ0n) is 11.1. The monoisotopic (exact) mass is 255 g/mol. The van der Waals surface area contributed by atoms with E-state index in [1.807, 2.05) is 38.2 Å². The SMILES string of the molecule is Cc1nc(C2COc3ccccc32)ncc1[C@H](C)N. The van der Waals surface area contributed by atoms with Gasteiger partial charge in [0.05, 0.1) is 5.92 Å². The van der Waals surface area contributed by atoms with E-state index in [-0.39, 0.29) is 12.0 Å². The summed E-state index contributed by atoms with van der Waals surface area (Å²) < 4.78 is 5.68. The van der Waals surface area contributed by atoms with Crippen molar-refractivity contribution < 1.29 is 4.74 Å². The number of hydrogen-bond donors (Lipinski definition) is 1. The Labute approximate surface area is 112 Å². The van der Waals surface area contributed by atoms with Gasteiger partial charge in [0.1, 0.15) is 18.2 Å². The summed E-state index contributed by atoms with van der Waals surface area (Å²) in [5, 5.41) is 0. The Morgan fingerprint density at radius 3 is 2.89 bits per heavy atom. The summed E-state index contributed by atoms with van der Waals surface area (Å²) in [5.41, 5.74) is 9.00. The summed E-state index contributed by atoms with van der Waals surface area (Å²) in [6.07, 6.45) is 1.84. The lowest BCUT2D eigenvalue weighted by atomic mass is 10.00. The average Bonchev–Trinajstić information content (AvgIpc) is 2.82. The number of benzene rings is 1. The van der Waals surface area contributed by atoms with Gasteiger partial charge in [-0.15, -0.1) is 0 Å². The first-order valence-corrected chi connectivity index (χ1v) is 6.47. The minimum absolute atomic E-state index is 0.0406. The first-order valence-electron chi connectivity index (χ1n) is 6.47. The molecule has 1 aliphatic rings. The van der Waals surface area contributed by atoms with Crippen LogP contribution in [0.25, 0.3) is 0 Å². The van der Waals surface area contributed by atoms with Crippen molar-refractivity contribution >= 4 is 0 Å². The third-order valence-electron chi connectivity index (χ3n) is 3.54. The maximum absolute atomic E-state index is 5.89. The molecule has 2 heterocycles. The highest BCUT2D eigenvalue weighted by Crippen LogP contribution is 2.36. The van der Waals surface area contributed by atoms with E-state index >= 15 is 0 Å². The highest BCUT2D eigenvalue weighted by atomic mass is 16.5. The molecule has 19 heavy (non-hydrogen) atoms. The number of aryl methyl sites for hydroxylation is 1. The van der Waals surface area contributed by atoms with Crippen molar-refractivity contribution in [2.45, 2.75) is 25.8 Å². The van der Waals surface area contributed by atoms with E-state index in [9.17, 15) is 0 Å². The van der Waals surface area contributed by atoms with Crippen molar-refractivity contribution in [2.75, 3.05) is 6.61 Å². The predicted octanol–water partition coefficient (Wildman–Crippen LogP) is 2.33. The van der Waals surface area contributed by atoms with Crippen LogP contribution in [0.4, 0.5) is 0 Å². The molecular weight excluding hydrogens is 238 g/mol. The maximum atomic E-state index is 5.89. The molecule has 0 amide bonds. The fraction of sp³-hybridized carbons (Fsp3) is 0.333. The number of para-hydroxylation sites is 1. The van der Waals surface area contributed by atoms with E-state index in [0.29, 0.717) is 6.61 Å². The van der Waals surface area contributed by atoms with Crippen molar-refractivity contribution in [3.63, 3.8) is 0 Å². The van der Waals surface area contributed by atoms with Crippen LogP contribution < -0.4 is 10.5 Å². The van der Waals surface area contributed by atoms with E-state index in [1.165, 1.54) is 0 Å². The molecule has 1 aromatic heterocycles. The van der Waals surface area contributed by atoms with Crippen molar-refractivity contribution in [1.82, 2.24) is 9.97 Å². The quantitative estimate of drug-likeness (QED) is 0.894. The fourth-order valence-electron chi connectivity index (χ4n) is 2.49. The number of ether oxygens (including phenoxy) is 1. The zero-order valence-corrected chi connectivity index (χ0v) is 11.1. The summed E-state index contributed by atoms with van der Waals surface area (Å²) in [4.78, 5) is 9.07. The Balaban J connectivity index is 1.99. The topological polar surface area (TPSA) is 61.0 Å². The van der Waals surface area contributed by atoms with Crippen LogP contribution in [0.2, 0.25) is 0 Å². The van der Waals surface area contributed by atoms with Gasteiger partial charge in [0.15, 0.2) is 0 Å². The van der Waals surface area contributed by atoms with Gasteiger partial charge in [-0.1, -0.05) is 18.2 Å². The van der Waals surface area contributed by atoms with Crippen molar-refractivity contribution in [3.8, 4) is 5.75 Å². The maximum Gasteiger partial charge on any atom is 0.139 e. The van der Waals surface area contributed by atoms with Crippen LogP contribution in [0, 0.1) is 6.92 Å². The van der Waals surface area contributed by atoms with Crippen LogP contribution >= 0.6 is 0 Å². The fourth-order valence-corrected chi connectivity index (χ4v) is 2.49. The second-order valence-corrected chi connectivity index (χ2v) is 4.96. The molecule has 2 atom stereocenters. The molecule has 1 unspecified atom stereocenters. The number of aromatic nitrogens is 2. The van der Waals surface area contributed by atoms with Gasteiger partial charge in [-0.3, -0.25) is 0 Å². The molecule has 1 aromatic carbocycles. The summed E-state index contributed by atoms with van der Waals surface area (Å²) in [6.45, 7) is 4.53. The van der Waals surface area contributed by atoms with Gasteiger partial charge in [-0.2, -0.15) is 0 Å². The van der Waals surface area contributed by atoms with Crippen LogP contribution in [-0.4, -0.2) is 16.6 Å². The second-order valence-electron chi connectivity index (χ2n) is 4.96. The smallest absolute Gasteiger partial charge is 0.139 e. The lowest BCUT2D eigenvalue weighted by Gasteiger charge is -2.12. The number of nitrogens with two attached hydrogens (primary N) is 1. The molecule has 2 N–H and O–H groups in total. The Morgan fingerprint density at radius 1 is 1.37 bits per heavy atom. The highest BCUT2D eigenvalue weighted by molar-refractivity contribution is 5.43. The number of nitrogens with zero attached hydrogens (tertiary/aromatic N) is 2. The van der Waals surface area contributed by atoms with Crippen molar-refractivity contribution in [2.24, 2.45) is 5.73 Å². The third kappa shape index (κ3) is 2.08. The van der Waals surface area contributed by atoms with E-state index in [2.05, 4.69) is 16.0 Å². The van der Waals surface area contributed by atoms with E-state index in [0.717, 1.165) is 28.4 Å². The Morgan fingerprint density at radius 2 is 2.16 bits per heavy atom. The van der Waals surface area contributed by atoms with Crippen molar-refractivity contribution in [1.29, 1.82) is 0 Å². The Hall–Kier alpha value is -1.94. The lowest BCUT2D eigenvalue weighted by Crippen LogP contribution is -2.13. The van der Waals surface area contributed by atoms with Gasteiger partial charge >= 0.3 is 0 Å². The Kier molecular flexibility index (Phi) is 2.95. The molecular formula is C15H17N3O.